The molecule has 1 N–H and O–H groups in total. The van der Waals surface area contributed by atoms with Crippen molar-refractivity contribution in [3.63, 3.8) is 0 Å². The molecular formula is C7H15NO. The van der Waals surface area contributed by atoms with E-state index in [4.69, 9.17) is 4.74 Å². The van der Waals surface area contributed by atoms with Gasteiger partial charge in [0.25, 0.3) is 0 Å². The first kappa shape index (κ1) is 7.03. The summed E-state index contributed by atoms with van der Waals surface area (Å²) in [6.45, 7) is 6.20. The van der Waals surface area contributed by atoms with Crippen molar-refractivity contribution < 1.29 is 4.74 Å². The average molecular weight is 129 g/mol. The molecule has 1 atom stereocenters. The monoisotopic (exact) mass is 129 g/mol. The Labute approximate surface area is 56.6 Å². The van der Waals surface area contributed by atoms with Crippen molar-refractivity contribution in [1.82, 2.24) is 5.32 Å². The molecule has 9 heavy (non-hydrogen) atoms. The molecule has 1 unspecified atom stereocenters. The lowest BCUT2D eigenvalue weighted by Gasteiger charge is -2.27. The highest BCUT2D eigenvalue weighted by Crippen LogP contribution is 2.02. The first-order valence-corrected chi connectivity index (χ1v) is 3.64. The van der Waals surface area contributed by atoms with Crippen molar-refractivity contribution in [2.45, 2.75) is 32.4 Å². The van der Waals surface area contributed by atoms with Crippen LogP contribution in [0.25, 0.3) is 0 Å². The normalized spacial score (nSPS) is 26.3. The van der Waals surface area contributed by atoms with E-state index in [1.165, 1.54) is 13.0 Å². The van der Waals surface area contributed by atoms with Crippen molar-refractivity contribution in [2.75, 3.05) is 13.2 Å². The van der Waals surface area contributed by atoms with Gasteiger partial charge in [0.15, 0.2) is 0 Å². The van der Waals surface area contributed by atoms with Crippen LogP contribution in [0.3, 0.4) is 0 Å². The number of ether oxygens (including phenoxy) is 1. The molecule has 1 saturated heterocycles. The fraction of sp³-hybridized carbons (Fsp3) is 1.00. The van der Waals surface area contributed by atoms with Gasteiger partial charge in [-0.05, 0) is 26.8 Å². The van der Waals surface area contributed by atoms with E-state index in [2.05, 4.69) is 19.2 Å². The molecule has 1 aliphatic rings. The van der Waals surface area contributed by atoms with Gasteiger partial charge in [-0.1, -0.05) is 0 Å². The van der Waals surface area contributed by atoms with Crippen molar-refractivity contribution in [3.8, 4) is 0 Å². The van der Waals surface area contributed by atoms with Crippen LogP contribution in [0.2, 0.25) is 0 Å². The van der Waals surface area contributed by atoms with Gasteiger partial charge in [0.05, 0.1) is 12.7 Å². The summed E-state index contributed by atoms with van der Waals surface area (Å²) in [5, 5.41) is 3.28. The molecule has 0 aromatic heterocycles. The van der Waals surface area contributed by atoms with Crippen molar-refractivity contribution in [2.24, 2.45) is 0 Å². The molecule has 2 nitrogen and oxygen atoms in total. The van der Waals surface area contributed by atoms with E-state index >= 15 is 0 Å². The smallest absolute Gasteiger partial charge is 0.0623 e. The van der Waals surface area contributed by atoms with Crippen LogP contribution in [-0.4, -0.2) is 25.3 Å². The Morgan fingerprint density at radius 2 is 2.33 bits per heavy atom. The zero-order chi connectivity index (χ0) is 6.69. The van der Waals surface area contributed by atoms with E-state index in [0.29, 0.717) is 12.1 Å². The van der Waals surface area contributed by atoms with Crippen LogP contribution in [0, 0.1) is 0 Å². The molecule has 1 aliphatic heterocycles. The molecule has 0 spiro atoms. The quantitative estimate of drug-likeness (QED) is 0.608. The van der Waals surface area contributed by atoms with Gasteiger partial charge in [0, 0.05) is 6.04 Å². The van der Waals surface area contributed by atoms with E-state index in [-0.39, 0.29) is 0 Å². The van der Waals surface area contributed by atoms with Crippen LogP contribution < -0.4 is 5.32 Å². The van der Waals surface area contributed by atoms with Crippen LogP contribution >= 0.6 is 0 Å². The lowest BCUT2D eigenvalue weighted by molar-refractivity contribution is 0.0475. The minimum atomic E-state index is 0.382. The molecule has 1 rings (SSSR count). The summed E-state index contributed by atoms with van der Waals surface area (Å²) in [6, 6.07) is 0.646. The molecule has 0 bridgehead atoms. The van der Waals surface area contributed by atoms with Gasteiger partial charge in [0.1, 0.15) is 0 Å². The van der Waals surface area contributed by atoms with E-state index in [1.807, 2.05) is 0 Å². The number of hydrogen-bond donors (Lipinski definition) is 1. The second-order valence-electron chi connectivity index (χ2n) is 2.82. The predicted octanol–water partition coefficient (Wildman–Crippen LogP) is 0.773. The summed E-state index contributed by atoms with van der Waals surface area (Å²) in [5.41, 5.74) is 0. The number of hydrogen-bond acceptors (Lipinski definition) is 2. The first-order valence-electron chi connectivity index (χ1n) is 3.64. The summed E-state index contributed by atoms with van der Waals surface area (Å²) < 4.78 is 5.38. The lowest BCUT2D eigenvalue weighted by atomic mass is 10.1. The Hall–Kier alpha value is -0.0800. The topological polar surface area (TPSA) is 21.3 Å². The molecule has 54 valence electrons. The van der Waals surface area contributed by atoms with Gasteiger partial charge in [-0.3, -0.25) is 0 Å². The summed E-state index contributed by atoms with van der Waals surface area (Å²) in [5.74, 6) is 0. The molecule has 0 saturated carbocycles. The Kier molecular flexibility index (Phi) is 2.49. The molecular weight excluding hydrogens is 114 g/mol. The third kappa shape index (κ3) is 2.33. The zero-order valence-corrected chi connectivity index (χ0v) is 6.18. The fourth-order valence-electron chi connectivity index (χ4n) is 0.799. The fourth-order valence-corrected chi connectivity index (χ4v) is 0.799. The zero-order valence-electron chi connectivity index (χ0n) is 6.18. The Morgan fingerprint density at radius 3 is 2.67 bits per heavy atom. The second-order valence-corrected chi connectivity index (χ2v) is 2.82. The maximum absolute atomic E-state index is 5.38. The van der Waals surface area contributed by atoms with Crippen LogP contribution in [-0.2, 0) is 4.74 Å². The maximum atomic E-state index is 5.38. The van der Waals surface area contributed by atoms with Gasteiger partial charge in [-0.15, -0.1) is 0 Å². The largest absolute Gasteiger partial charge is 0.377 e. The minimum absolute atomic E-state index is 0.382. The Balaban J connectivity index is 1.91. The third-order valence-electron chi connectivity index (χ3n) is 1.56. The summed E-state index contributed by atoms with van der Waals surface area (Å²) in [7, 11) is 0. The van der Waals surface area contributed by atoms with Crippen LogP contribution in [0.4, 0.5) is 0 Å². The van der Waals surface area contributed by atoms with Crippen LogP contribution in [0.5, 0.6) is 0 Å². The first-order chi connectivity index (χ1) is 4.29. The second kappa shape index (κ2) is 3.18. The van der Waals surface area contributed by atoms with Crippen LogP contribution in [0.1, 0.15) is 20.3 Å². The number of nitrogens with one attached hydrogen (secondary N) is 1. The Bertz CT molecular complexity index is 79.0. The highest BCUT2D eigenvalue weighted by atomic mass is 16.5. The van der Waals surface area contributed by atoms with Crippen molar-refractivity contribution in [3.05, 3.63) is 0 Å². The van der Waals surface area contributed by atoms with Crippen LogP contribution in [0.15, 0.2) is 0 Å². The minimum Gasteiger partial charge on any atom is -0.377 e. The maximum Gasteiger partial charge on any atom is 0.0623 e. The number of rotatable bonds is 3. The summed E-state index contributed by atoms with van der Waals surface area (Å²) in [4.78, 5) is 0. The van der Waals surface area contributed by atoms with Gasteiger partial charge in [-0.2, -0.15) is 0 Å². The SMILES string of the molecule is CC(C)OCC1CCN1. The Morgan fingerprint density at radius 1 is 1.67 bits per heavy atom. The van der Waals surface area contributed by atoms with E-state index < -0.39 is 0 Å². The molecule has 0 radical (unpaired) electrons. The van der Waals surface area contributed by atoms with E-state index in [9.17, 15) is 0 Å². The standard InChI is InChI=1S/C7H15NO/c1-6(2)9-5-7-3-4-8-7/h6-8H,3-5H2,1-2H3. The summed E-state index contributed by atoms with van der Waals surface area (Å²) in [6.07, 6.45) is 1.67. The lowest BCUT2D eigenvalue weighted by Crippen LogP contribution is -2.46. The van der Waals surface area contributed by atoms with Gasteiger partial charge in [-0.25, -0.2) is 0 Å². The highest BCUT2D eigenvalue weighted by molar-refractivity contribution is 4.76. The molecule has 0 aliphatic carbocycles. The molecule has 0 aromatic carbocycles. The average Bonchev–Trinajstić information content (AvgIpc) is 1.60. The van der Waals surface area contributed by atoms with Gasteiger partial charge < -0.3 is 10.1 Å². The van der Waals surface area contributed by atoms with E-state index in [0.717, 1.165) is 6.61 Å². The molecule has 0 amide bonds. The van der Waals surface area contributed by atoms with Crippen molar-refractivity contribution in [1.29, 1.82) is 0 Å². The molecule has 2 heteroatoms. The predicted molar refractivity (Wildman–Crippen MR) is 37.5 cm³/mol. The van der Waals surface area contributed by atoms with Crippen molar-refractivity contribution >= 4 is 0 Å². The highest BCUT2D eigenvalue weighted by Gasteiger charge is 2.15. The summed E-state index contributed by atoms with van der Waals surface area (Å²) >= 11 is 0. The third-order valence-corrected chi connectivity index (χ3v) is 1.56. The van der Waals surface area contributed by atoms with E-state index in [1.54, 1.807) is 0 Å². The van der Waals surface area contributed by atoms with Gasteiger partial charge >= 0.3 is 0 Å². The van der Waals surface area contributed by atoms with Gasteiger partial charge in [0.2, 0.25) is 0 Å². The molecule has 0 aromatic rings. The molecule has 1 fully saturated rings. The molecule has 1 heterocycles.